The molecule has 0 aromatic carbocycles. The third kappa shape index (κ3) is 2.35. The molecule has 1 aliphatic heterocycles. The molecule has 9 heteroatoms. The Balaban J connectivity index is 1.97. The second-order valence-electron chi connectivity index (χ2n) is 4.74. The summed E-state index contributed by atoms with van der Waals surface area (Å²) in [4.78, 5) is 12.2. The summed E-state index contributed by atoms with van der Waals surface area (Å²) in [6, 6.07) is 0. The summed E-state index contributed by atoms with van der Waals surface area (Å²) in [7, 11) is 0. The first-order chi connectivity index (χ1) is 10.2. The molecular formula is C12H17N5O3S. The van der Waals surface area contributed by atoms with Crippen molar-refractivity contribution in [3.8, 4) is 0 Å². The molecule has 21 heavy (non-hydrogen) atoms. The van der Waals surface area contributed by atoms with Gasteiger partial charge in [-0.25, -0.2) is 15.0 Å². The lowest BCUT2D eigenvalue weighted by molar-refractivity contribution is -0.0486. The highest BCUT2D eigenvalue weighted by molar-refractivity contribution is 8.00. The van der Waals surface area contributed by atoms with E-state index in [0.29, 0.717) is 11.2 Å². The van der Waals surface area contributed by atoms with E-state index in [1.165, 1.54) is 12.7 Å². The van der Waals surface area contributed by atoms with Gasteiger partial charge in [-0.1, -0.05) is 6.92 Å². The number of nitrogen functional groups attached to an aromatic ring is 1. The number of ether oxygens (including phenoxy) is 1. The Kier molecular flexibility index (Phi) is 3.98. The molecule has 0 spiro atoms. The van der Waals surface area contributed by atoms with Crippen molar-refractivity contribution in [3.05, 3.63) is 12.7 Å². The molecule has 0 amide bonds. The number of hydrogen-bond donors (Lipinski definition) is 3. The molecule has 1 fully saturated rings. The van der Waals surface area contributed by atoms with E-state index in [0.717, 1.165) is 5.75 Å². The summed E-state index contributed by atoms with van der Waals surface area (Å²) in [6.07, 6.45) is 1.04. The molecular weight excluding hydrogens is 294 g/mol. The number of hydrogen-bond acceptors (Lipinski definition) is 8. The number of thioether (sulfide) groups is 1. The van der Waals surface area contributed by atoms with E-state index >= 15 is 0 Å². The van der Waals surface area contributed by atoms with Crippen LogP contribution in [0.3, 0.4) is 0 Å². The average Bonchev–Trinajstić information content (AvgIpc) is 3.03. The molecule has 0 bridgehead atoms. The molecule has 0 saturated carbocycles. The number of anilines is 1. The second kappa shape index (κ2) is 5.76. The Hall–Kier alpha value is -1.42. The van der Waals surface area contributed by atoms with Crippen LogP contribution in [0.5, 0.6) is 0 Å². The number of nitrogens with zero attached hydrogens (tertiary/aromatic N) is 4. The van der Waals surface area contributed by atoms with Crippen molar-refractivity contribution in [3.63, 3.8) is 0 Å². The Morgan fingerprint density at radius 3 is 2.95 bits per heavy atom. The summed E-state index contributed by atoms with van der Waals surface area (Å²) in [5.41, 5.74) is 6.73. The van der Waals surface area contributed by atoms with Gasteiger partial charge >= 0.3 is 0 Å². The van der Waals surface area contributed by atoms with E-state index in [1.54, 1.807) is 16.3 Å². The van der Waals surface area contributed by atoms with Gasteiger partial charge in [0.15, 0.2) is 17.7 Å². The van der Waals surface area contributed by atoms with Crippen LogP contribution in [0.1, 0.15) is 13.2 Å². The van der Waals surface area contributed by atoms with Crippen molar-refractivity contribution in [1.29, 1.82) is 0 Å². The van der Waals surface area contributed by atoms with Crippen LogP contribution in [0.2, 0.25) is 0 Å². The topological polar surface area (TPSA) is 119 Å². The van der Waals surface area contributed by atoms with Crippen LogP contribution in [0.25, 0.3) is 11.2 Å². The Labute approximate surface area is 125 Å². The fourth-order valence-electron chi connectivity index (χ4n) is 2.55. The van der Waals surface area contributed by atoms with Gasteiger partial charge < -0.3 is 20.7 Å². The minimum Gasteiger partial charge on any atom is -0.394 e. The molecule has 8 nitrogen and oxygen atoms in total. The largest absolute Gasteiger partial charge is 0.394 e. The molecule has 0 radical (unpaired) electrons. The first kappa shape index (κ1) is 14.5. The first-order valence-electron chi connectivity index (χ1n) is 6.66. The van der Waals surface area contributed by atoms with Crippen molar-refractivity contribution in [2.75, 3.05) is 18.1 Å². The zero-order valence-electron chi connectivity index (χ0n) is 11.5. The van der Waals surface area contributed by atoms with E-state index in [1.807, 2.05) is 6.92 Å². The molecule has 1 aliphatic rings. The predicted molar refractivity (Wildman–Crippen MR) is 78.7 cm³/mol. The second-order valence-corrected chi connectivity index (χ2v) is 6.20. The quantitative estimate of drug-likeness (QED) is 0.709. The van der Waals surface area contributed by atoms with E-state index < -0.39 is 18.4 Å². The van der Waals surface area contributed by atoms with Crippen molar-refractivity contribution in [1.82, 2.24) is 19.5 Å². The summed E-state index contributed by atoms with van der Waals surface area (Å²) < 4.78 is 7.42. The third-order valence-corrected chi connectivity index (χ3v) is 4.81. The first-order valence-corrected chi connectivity index (χ1v) is 7.71. The smallest absolute Gasteiger partial charge is 0.167 e. The molecule has 4 atom stereocenters. The Morgan fingerprint density at radius 1 is 1.43 bits per heavy atom. The van der Waals surface area contributed by atoms with Crippen LogP contribution in [0.4, 0.5) is 5.82 Å². The van der Waals surface area contributed by atoms with Crippen molar-refractivity contribution >= 4 is 28.7 Å². The molecule has 2 aromatic heterocycles. The number of fused-ring (bicyclic) bond motifs is 1. The molecule has 3 rings (SSSR count). The van der Waals surface area contributed by atoms with E-state index in [-0.39, 0.29) is 17.7 Å². The van der Waals surface area contributed by atoms with Gasteiger partial charge in [0, 0.05) is 0 Å². The number of rotatable bonds is 4. The third-order valence-electron chi connectivity index (χ3n) is 3.51. The summed E-state index contributed by atoms with van der Waals surface area (Å²) >= 11 is 1.56. The maximum absolute atomic E-state index is 10.5. The van der Waals surface area contributed by atoms with Gasteiger partial charge in [0.25, 0.3) is 0 Å². The standard InChI is InChI=1S/C12H17N5O3S/c1-2-21-9-6(3-18)20-12(8(9)19)17-5-16-7-10(13)14-4-15-11(7)17/h4-6,8-9,12,18-19H,2-3H2,1H3,(H2,13,14,15)/t6-,8-,9+,12?/m1/s1. The predicted octanol–water partition coefficient (Wildman–Crippen LogP) is -0.219. The lowest BCUT2D eigenvalue weighted by Crippen LogP contribution is -2.31. The van der Waals surface area contributed by atoms with E-state index in [9.17, 15) is 10.2 Å². The minimum atomic E-state index is -0.763. The van der Waals surface area contributed by atoms with Gasteiger partial charge in [0.1, 0.15) is 17.9 Å². The van der Waals surface area contributed by atoms with Gasteiger partial charge in [-0.3, -0.25) is 4.57 Å². The monoisotopic (exact) mass is 311 g/mol. The van der Waals surface area contributed by atoms with Gasteiger partial charge in [-0.05, 0) is 5.75 Å². The summed E-state index contributed by atoms with van der Waals surface area (Å²) in [5, 5.41) is 19.7. The lowest BCUT2D eigenvalue weighted by atomic mass is 10.2. The summed E-state index contributed by atoms with van der Waals surface area (Å²) in [6.45, 7) is 1.86. The number of aromatic nitrogens is 4. The molecule has 114 valence electrons. The van der Waals surface area contributed by atoms with Crippen LogP contribution < -0.4 is 5.73 Å². The van der Waals surface area contributed by atoms with Gasteiger partial charge in [-0.2, -0.15) is 11.8 Å². The maximum Gasteiger partial charge on any atom is 0.167 e. The fraction of sp³-hybridized carbons (Fsp3) is 0.583. The highest BCUT2D eigenvalue weighted by atomic mass is 32.2. The zero-order chi connectivity index (χ0) is 15.0. The van der Waals surface area contributed by atoms with Gasteiger partial charge in [0.2, 0.25) is 0 Å². The zero-order valence-corrected chi connectivity index (χ0v) is 12.3. The van der Waals surface area contributed by atoms with Crippen LogP contribution in [-0.4, -0.2) is 59.5 Å². The number of nitrogens with two attached hydrogens (primary N) is 1. The van der Waals surface area contributed by atoms with E-state index in [2.05, 4.69) is 15.0 Å². The molecule has 1 unspecified atom stereocenters. The van der Waals surface area contributed by atoms with Crippen LogP contribution in [-0.2, 0) is 4.74 Å². The maximum atomic E-state index is 10.5. The summed E-state index contributed by atoms with van der Waals surface area (Å²) in [5.74, 6) is 1.11. The van der Waals surface area contributed by atoms with Gasteiger partial charge in [0.05, 0.1) is 24.3 Å². The number of imidazole rings is 1. The molecule has 1 saturated heterocycles. The number of aliphatic hydroxyl groups is 2. The highest BCUT2D eigenvalue weighted by Crippen LogP contribution is 2.37. The minimum absolute atomic E-state index is 0.144. The SMILES string of the molecule is CCS[C@H]1[C@@H](CO)OC(n2cnc3c(N)ncnc32)[C@@H]1O. The molecule has 3 heterocycles. The van der Waals surface area contributed by atoms with Crippen LogP contribution in [0.15, 0.2) is 12.7 Å². The Morgan fingerprint density at radius 2 is 2.24 bits per heavy atom. The van der Waals surface area contributed by atoms with Crippen molar-refractivity contribution < 1.29 is 14.9 Å². The van der Waals surface area contributed by atoms with E-state index in [4.69, 9.17) is 10.5 Å². The highest BCUT2D eigenvalue weighted by Gasteiger charge is 2.44. The normalized spacial score (nSPS) is 29.3. The van der Waals surface area contributed by atoms with Crippen LogP contribution >= 0.6 is 11.8 Å². The van der Waals surface area contributed by atoms with Crippen molar-refractivity contribution in [2.45, 2.75) is 30.6 Å². The number of aliphatic hydroxyl groups excluding tert-OH is 2. The lowest BCUT2D eigenvalue weighted by Gasteiger charge is -2.18. The Bertz CT molecular complexity index is 636. The van der Waals surface area contributed by atoms with Gasteiger partial charge in [-0.15, -0.1) is 0 Å². The van der Waals surface area contributed by atoms with Crippen molar-refractivity contribution in [2.24, 2.45) is 0 Å². The average molecular weight is 311 g/mol. The molecule has 4 N–H and O–H groups in total. The fourth-order valence-corrected chi connectivity index (χ4v) is 3.63. The van der Waals surface area contributed by atoms with Crippen LogP contribution in [0, 0.1) is 0 Å². The molecule has 0 aliphatic carbocycles. The molecule has 2 aromatic rings.